The average Bonchev–Trinajstić information content (AvgIpc) is 2.54. The number of aryl methyl sites for hydroxylation is 1. The summed E-state index contributed by atoms with van der Waals surface area (Å²) in [5, 5.41) is 9.84. The smallest absolute Gasteiger partial charge is 0.227 e. The number of likely N-dealkylation sites (tertiary alicyclic amines) is 1. The fraction of sp³-hybridized carbons (Fsp3) is 0.412. The highest BCUT2D eigenvalue weighted by Gasteiger charge is 2.23. The van der Waals surface area contributed by atoms with Crippen molar-refractivity contribution < 1.29 is 9.52 Å². The molecule has 2 aromatic heterocycles. The van der Waals surface area contributed by atoms with E-state index < -0.39 is 0 Å². The van der Waals surface area contributed by atoms with Gasteiger partial charge >= 0.3 is 0 Å². The third-order valence-corrected chi connectivity index (χ3v) is 4.18. The Labute approximate surface area is 129 Å². The summed E-state index contributed by atoms with van der Waals surface area (Å²) in [5.74, 6) is 1.11. The van der Waals surface area contributed by atoms with Gasteiger partial charge in [-0.2, -0.15) is 0 Å². The highest BCUT2D eigenvalue weighted by molar-refractivity contribution is 5.24. The van der Waals surface area contributed by atoms with Crippen molar-refractivity contribution in [1.82, 2.24) is 9.88 Å². The second-order valence-corrected chi connectivity index (χ2v) is 5.80. The fourth-order valence-corrected chi connectivity index (χ4v) is 2.98. The van der Waals surface area contributed by atoms with Crippen LogP contribution in [0.1, 0.15) is 36.0 Å². The lowest BCUT2D eigenvalue weighted by atomic mass is 9.93. The van der Waals surface area contributed by atoms with E-state index in [0.29, 0.717) is 24.0 Å². The molecule has 116 valence electrons. The Balaban J connectivity index is 1.64. The maximum absolute atomic E-state index is 11.6. The van der Waals surface area contributed by atoms with Crippen molar-refractivity contribution in [3.8, 4) is 5.75 Å². The van der Waals surface area contributed by atoms with Gasteiger partial charge in [-0.05, 0) is 45.0 Å². The molecule has 2 aromatic rings. The zero-order valence-corrected chi connectivity index (χ0v) is 12.7. The van der Waals surface area contributed by atoms with Gasteiger partial charge in [0.05, 0.1) is 6.54 Å². The molecule has 0 aliphatic carbocycles. The van der Waals surface area contributed by atoms with Gasteiger partial charge in [0.2, 0.25) is 11.2 Å². The number of hydrogen-bond donors (Lipinski definition) is 1. The molecule has 3 heterocycles. The number of nitrogens with zero attached hydrogens (tertiary/aromatic N) is 2. The molecule has 0 atom stereocenters. The van der Waals surface area contributed by atoms with Crippen molar-refractivity contribution >= 4 is 0 Å². The molecule has 0 bridgehead atoms. The standard InChI is InChI=1S/C17H20N2O3/c1-12-10-15(20)17(21)16(22-12)11-19-8-5-13(6-9-19)14-4-2-3-7-18-14/h2-4,7,10,13,21H,5-6,8-9,11H2,1H3. The molecule has 0 radical (unpaired) electrons. The third kappa shape index (κ3) is 3.20. The summed E-state index contributed by atoms with van der Waals surface area (Å²) in [6, 6.07) is 7.34. The predicted molar refractivity (Wildman–Crippen MR) is 82.9 cm³/mol. The van der Waals surface area contributed by atoms with E-state index in [4.69, 9.17) is 4.42 Å². The van der Waals surface area contributed by atoms with Crippen molar-refractivity contribution in [2.75, 3.05) is 13.1 Å². The van der Waals surface area contributed by atoms with E-state index in [2.05, 4.69) is 16.0 Å². The van der Waals surface area contributed by atoms with Gasteiger partial charge in [-0.25, -0.2) is 0 Å². The van der Waals surface area contributed by atoms with Gasteiger partial charge in [-0.1, -0.05) is 6.07 Å². The molecule has 0 spiro atoms. The van der Waals surface area contributed by atoms with Crippen LogP contribution in [0.5, 0.6) is 5.75 Å². The highest BCUT2D eigenvalue weighted by Crippen LogP contribution is 2.27. The molecule has 1 N–H and O–H groups in total. The van der Waals surface area contributed by atoms with Crippen molar-refractivity contribution in [2.24, 2.45) is 0 Å². The molecule has 1 fully saturated rings. The Hall–Kier alpha value is -2.14. The van der Waals surface area contributed by atoms with Gasteiger partial charge in [0, 0.05) is 23.9 Å². The van der Waals surface area contributed by atoms with Crippen LogP contribution in [0.3, 0.4) is 0 Å². The number of aromatic nitrogens is 1. The fourth-order valence-electron chi connectivity index (χ4n) is 2.98. The lowest BCUT2D eigenvalue weighted by Gasteiger charge is -2.31. The second-order valence-electron chi connectivity index (χ2n) is 5.80. The van der Waals surface area contributed by atoms with Gasteiger partial charge in [0.1, 0.15) is 5.76 Å². The van der Waals surface area contributed by atoms with Gasteiger partial charge in [0.15, 0.2) is 5.76 Å². The summed E-state index contributed by atoms with van der Waals surface area (Å²) in [6.45, 7) is 3.99. The van der Waals surface area contributed by atoms with E-state index in [1.54, 1.807) is 6.92 Å². The first-order valence-corrected chi connectivity index (χ1v) is 7.59. The van der Waals surface area contributed by atoms with Crippen LogP contribution >= 0.6 is 0 Å². The zero-order chi connectivity index (χ0) is 15.5. The average molecular weight is 300 g/mol. The topological polar surface area (TPSA) is 66.6 Å². The number of piperidine rings is 1. The first-order chi connectivity index (χ1) is 10.6. The van der Waals surface area contributed by atoms with Crippen LogP contribution in [0.2, 0.25) is 0 Å². The van der Waals surface area contributed by atoms with Gasteiger partial charge < -0.3 is 9.52 Å². The second kappa shape index (κ2) is 6.32. The normalized spacial score (nSPS) is 16.8. The Morgan fingerprint density at radius 2 is 2.14 bits per heavy atom. The Bertz CT molecular complexity index is 689. The monoisotopic (exact) mass is 300 g/mol. The zero-order valence-electron chi connectivity index (χ0n) is 12.7. The molecule has 22 heavy (non-hydrogen) atoms. The van der Waals surface area contributed by atoms with Crippen LogP contribution in [0.25, 0.3) is 0 Å². The molecule has 0 unspecified atom stereocenters. The molecular formula is C17H20N2O3. The lowest BCUT2D eigenvalue weighted by Crippen LogP contribution is -2.33. The van der Waals surface area contributed by atoms with E-state index in [1.165, 1.54) is 6.07 Å². The SMILES string of the molecule is Cc1cc(=O)c(O)c(CN2CCC(c3ccccn3)CC2)o1. The summed E-state index contributed by atoms with van der Waals surface area (Å²) in [7, 11) is 0. The highest BCUT2D eigenvalue weighted by atomic mass is 16.4. The van der Waals surface area contributed by atoms with E-state index >= 15 is 0 Å². The number of rotatable bonds is 3. The largest absolute Gasteiger partial charge is 0.502 e. The first-order valence-electron chi connectivity index (χ1n) is 7.59. The van der Waals surface area contributed by atoms with Gasteiger partial charge in [-0.3, -0.25) is 14.7 Å². The number of aromatic hydroxyl groups is 1. The Morgan fingerprint density at radius 3 is 2.82 bits per heavy atom. The summed E-state index contributed by atoms with van der Waals surface area (Å²) in [4.78, 5) is 18.2. The first kappa shape index (κ1) is 14.8. The summed E-state index contributed by atoms with van der Waals surface area (Å²) in [6.07, 6.45) is 3.88. The van der Waals surface area contributed by atoms with E-state index in [1.807, 2.05) is 18.3 Å². The van der Waals surface area contributed by atoms with Crippen LogP contribution in [-0.4, -0.2) is 28.1 Å². The third-order valence-electron chi connectivity index (χ3n) is 4.18. The maximum atomic E-state index is 11.6. The van der Waals surface area contributed by atoms with Gasteiger partial charge in [-0.15, -0.1) is 0 Å². The minimum Gasteiger partial charge on any atom is -0.502 e. The molecule has 3 rings (SSSR count). The summed E-state index contributed by atoms with van der Waals surface area (Å²) >= 11 is 0. The molecular weight excluding hydrogens is 280 g/mol. The molecule has 1 aliphatic heterocycles. The van der Waals surface area contributed by atoms with Crippen LogP contribution in [0, 0.1) is 6.92 Å². The Morgan fingerprint density at radius 1 is 1.36 bits per heavy atom. The van der Waals surface area contributed by atoms with Gasteiger partial charge in [0.25, 0.3) is 0 Å². The minimum absolute atomic E-state index is 0.266. The van der Waals surface area contributed by atoms with Crippen LogP contribution < -0.4 is 5.43 Å². The van der Waals surface area contributed by atoms with Crippen molar-refractivity contribution in [2.45, 2.75) is 32.2 Å². The van der Waals surface area contributed by atoms with E-state index in [-0.39, 0.29) is 11.2 Å². The quantitative estimate of drug-likeness (QED) is 0.943. The number of hydrogen-bond acceptors (Lipinski definition) is 5. The Kier molecular flexibility index (Phi) is 4.24. The molecule has 0 aromatic carbocycles. The van der Waals surface area contributed by atoms with Crippen molar-refractivity contribution in [3.05, 3.63) is 57.9 Å². The molecule has 5 nitrogen and oxygen atoms in total. The van der Waals surface area contributed by atoms with E-state index in [9.17, 15) is 9.90 Å². The summed E-state index contributed by atoms with van der Waals surface area (Å²) in [5.41, 5.74) is 0.772. The minimum atomic E-state index is -0.373. The van der Waals surface area contributed by atoms with E-state index in [0.717, 1.165) is 31.6 Å². The molecule has 1 saturated heterocycles. The number of pyridine rings is 1. The van der Waals surface area contributed by atoms with Crippen LogP contribution in [0.4, 0.5) is 0 Å². The lowest BCUT2D eigenvalue weighted by molar-refractivity contribution is 0.183. The van der Waals surface area contributed by atoms with Crippen molar-refractivity contribution in [1.29, 1.82) is 0 Å². The molecule has 1 aliphatic rings. The van der Waals surface area contributed by atoms with Crippen LogP contribution in [0.15, 0.2) is 39.7 Å². The van der Waals surface area contributed by atoms with Crippen molar-refractivity contribution in [3.63, 3.8) is 0 Å². The maximum Gasteiger partial charge on any atom is 0.227 e. The molecule has 0 saturated carbocycles. The predicted octanol–water partition coefficient (Wildman–Crippen LogP) is 2.43. The van der Waals surface area contributed by atoms with Crippen LogP contribution in [-0.2, 0) is 6.54 Å². The summed E-state index contributed by atoms with van der Waals surface area (Å²) < 4.78 is 5.50. The molecule has 5 heteroatoms. The molecule has 0 amide bonds.